The molecule has 1 amide bonds. The van der Waals surface area contributed by atoms with Crippen molar-refractivity contribution in [3.05, 3.63) is 89.0 Å². The lowest BCUT2D eigenvalue weighted by Gasteiger charge is -2.21. The van der Waals surface area contributed by atoms with Crippen LogP contribution in [-0.4, -0.2) is 26.6 Å². The molecule has 2 N–H and O–H groups in total. The van der Waals surface area contributed by atoms with Crippen LogP contribution in [0, 0.1) is 20.8 Å². The van der Waals surface area contributed by atoms with Crippen molar-refractivity contribution >= 4 is 33.4 Å². The molecule has 0 saturated carbocycles. The van der Waals surface area contributed by atoms with Crippen LogP contribution in [0.1, 0.15) is 22.3 Å². The van der Waals surface area contributed by atoms with Gasteiger partial charge in [0.05, 0.1) is 4.90 Å². The van der Waals surface area contributed by atoms with Crippen molar-refractivity contribution in [2.24, 2.45) is 0 Å². The van der Waals surface area contributed by atoms with Crippen molar-refractivity contribution in [3.8, 4) is 0 Å². The Bertz CT molecular complexity index is 1190. The Hall–Kier alpha value is -2.61. The molecule has 0 fully saturated rings. The lowest BCUT2D eigenvalue weighted by atomic mass is 10.1. The minimum absolute atomic E-state index is 0.221. The van der Waals surface area contributed by atoms with E-state index in [0.717, 1.165) is 16.0 Å². The van der Waals surface area contributed by atoms with Crippen LogP contribution in [0.15, 0.2) is 76.5 Å². The van der Waals surface area contributed by atoms with Crippen LogP contribution < -0.4 is 10.0 Å². The molecule has 1 atom stereocenters. The molecule has 7 heteroatoms. The molecule has 0 radical (unpaired) electrons. The average Bonchev–Trinajstić information content (AvgIpc) is 2.73. The van der Waals surface area contributed by atoms with E-state index in [9.17, 15) is 13.2 Å². The van der Waals surface area contributed by atoms with Crippen molar-refractivity contribution in [2.45, 2.75) is 43.0 Å². The van der Waals surface area contributed by atoms with E-state index in [4.69, 9.17) is 0 Å². The van der Waals surface area contributed by atoms with E-state index in [1.54, 1.807) is 31.7 Å². The van der Waals surface area contributed by atoms with Crippen LogP contribution in [0.3, 0.4) is 0 Å². The number of thioether (sulfide) groups is 1. The Labute approximate surface area is 194 Å². The maximum absolute atomic E-state index is 13.3. The smallest absolute Gasteiger partial charge is 0.242 e. The van der Waals surface area contributed by atoms with Gasteiger partial charge in [-0.15, -0.1) is 11.8 Å². The van der Waals surface area contributed by atoms with Crippen LogP contribution in [-0.2, 0) is 21.2 Å². The number of carbonyl (C=O) groups is 1. The zero-order valence-electron chi connectivity index (χ0n) is 18.7. The first-order chi connectivity index (χ1) is 15.2. The van der Waals surface area contributed by atoms with Gasteiger partial charge in [0, 0.05) is 10.6 Å². The highest BCUT2D eigenvalue weighted by Gasteiger charge is 2.28. The molecule has 0 aliphatic rings. The molecule has 168 valence electrons. The van der Waals surface area contributed by atoms with E-state index in [1.165, 1.54) is 0 Å². The van der Waals surface area contributed by atoms with Crippen molar-refractivity contribution in [2.75, 3.05) is 11.6 Å². The number of hydrogen-bond donors (Lipinski definition) is 2. The van der Waals surface area contributed by atoms with Gasteiger partial charge in [-0.2, -0.15) is 4.72 Å². The maximum atomic E-state index is 13.3. The van der Waals surface area contributed by atoms with Gasteiger partial charge in [0.15, 0.2) is 0 Å². The van der Waals surface area contributed by atoms with Gasteiger partial charge >= 0.3 is 0 Å². The van der Waals surface area contributed by atoms with Gasteiger partial charge in [0.2, 0.25) is 15.9 Å². The Morgan fingerprint density at radius 1 is 0.938 bits per heavy atom. The average molecular weight is 469 g/mol. The van der Waals surface area contributed by atoms with E-state index < -0.39 is 22.0 Å². The second-order valence-electron chi connectivity index (χ2n) is 7.81. The fraction of sp³-hybridized carbons (Fsp3) is 0.240. The Morgan fingerprint density at radius 2 is 1.59 bits per heavy atom. The number of nitrogens with one attached hydrogen (secondary N) is 2. The molecule has 0 saturated heterocycles. The van der Waals surface area contributed by atoms with Gasteiger partial charge in [0.25, 0.3) is 0 Å². The molecule has 0 bridgehead atoms. The zero-order chi connectivity index (χ0) is 23.3. The predicted molar refractivity (Wildman–Crippen MR) is 132 cm³/mol. The highest BCUT2D eigenvalue weighted by atomic mass is 32.2. The first-order valence-corrected chi connectivity index (χ1v) is 13.0. The quantitative estimate of drug-likeness (QED) is 0.463. The minimum Gasteiger partial charge on any atom is -0.325 e. The summed E-state index contributed by atoms with van der Waals surface area (Å²) in [6.45, 7) is 5.47. The fourth-order valence-electron chi connectivity index (χ4n) is 3.80. The number of benzene rings is 3. The van der Waals surface area contributed by atoms with Crippen LogP contribution >= 0.6 is 11.8 Å². The third-order valence-corrected chi connectivity index (χ3v) is 7.61. The number of rotatable bonds is 8. The summed E-state index contributed by atoms with van der Waals surface area (Å²) in [5.41, 5.74) is 3.79. The molecular weight excluding hydrogens is 440 g/mol. The molecule has 0 heterocycles. The van der Waals surface area contributed by atoms with E-state index >= 15 is 0 Å². The highest BCUT2D eigenvalue weighted by Crippen LogP contribution is 2.23. The molecule has 0 spiro atoms. The van der Waals surface area contributed by atoms with Gasteiger partial charge in [0.1, 0.15) is 6.04 Å². The molecule has 3 aromatic carbocycles. The Balaban J connectivity index is 1.93. The number of carbonyl (C=O) groups excluding carboxylic acids is 1. The van der Waals surface area contributed by atoms with Gasteiger partial charge < -0.3 is 5.32 Å². The molecule has 5 nitrogen and oxygen atoms in total. The van der Waals surface area contributed by atoms with Crippen molar-refractivity contribution in [1.82, 2.24) is 4.72 Å². The van der Waals surface area contributed by atoms with E-state index in [1.807, 2.05) is 73.8 Å². The fourth-order valence-corrected chi connectivity index (χ4v) is 5.91. The third-order valence-electron chi connectivity index (χ3n) is 5.11. The molecular formula is C25H28N2O3S2. The third kappa shape index (κ3) is 6.00. The summed E-state index contributed by atoms with van der Waals surface area (Å²) in [5, 5.41) is 2.87. The SMILES string of the molecule is CSc1cccc(NC(=O)[C@H](Cc2ccccc2)NS(=O)(=O)c2c(C)cc(C)cc2C)c1. The summed E-state index contributed by atoms with van der Waals surface area (Å²) in [6.07, 6.45) is 2.19. The molecule has 32 heavy (non-hydrogen) atoms. The monoisotopic (exact) mass is 468 g/mol. The standard InChI is InChI=1S/C25H28N2O3S2/c1-17-13-18(2)24(19(3)14-17)32(29,30)27-23(15-20-9-6-5-7-10-20)25(28)26-21-11-8-12-22(16-21)31-4/h5-14,16,23,27H,15H2,1-4H3,(H,26,28)/t23-/m0/s1. The Kier molecular flexibility index (Phi) is 7.77. The van der Waals surface area contributed by atoms with E-state index in [2.05, 4.69) is 10.0 Å². The van der Waals surface area contributed by atoms with E-state index in [-0.39, 0.29) is 11.3 Å². The minimum atomic E-state index is -3.92. The topological polar surface area (TPSA) is 75.3 Å². The number of amides is 1. The first kappa shape index (κ1) is 24.0. The number of sulfonamides is 1. The van der Waals surface area contributed by atoms with Crippen molar-refractivity contribution in [1.29, 1.82) is 0 Å². The van der Waals surface area contributed by atoms with Crippen LogP contribution in [0.25, 0.3) is 0 Å². The van der Waals surface area contributed by atoms with Gasteiger partial charge in [-0.1, -0.05) is 54.1 Å². The lowest BCUT2D eigenvalue weighted by molar-refractivity contribution is -0.117. The molecule has 0 aromatic heterocycles. The number of hydrogen-bond acceptors (Lipinski definition) is 4. The normalized spacial score (nSPS) is 12.4. The zero-order valence-corrected chi connectivity index (χ0v) is 20.3. The first-order valence-electron chi connectivity index (χ1n) is 10.3. The highest BCUT2D eigenvalue weighted by molar-refractivity contribution is 7.98. The molecule has 0 aliphatic carbocycles. The molecule has 3 rings (SSSR count). The number of anilines is 1. The summed E-state index contributed by atoms with van der Waals surface area (Å²) in [5.74, 6) is -0.405. The van der Waals surface area contributed by atoms with Crippen LogP contribution in [0.2, 0.25) is 0 Å². The van der Waals surface area contributed by atoms with Gasteiger partial charge in [-0.05, 0) is 68.3 Å². The summed E-state index contributed by atoms with van der Waals surface area (Å²) in [6, 6.07) is 19.6. The molecule has 3 aromatic rings. The summed E-state index contributed by atoms with van der Waals surface area (Å²) >= 11 is 1.57. The maximum Gasteiger partial charge on any atom is 0.242 e. The summed E-state index contributed by atoms with van der Waals surface area (Å²) < 4.78 is 29.4. The van der Waals surface area contributed by atoms with Crippen LogP contribution in [0.4, 0.5) is 5.69 Å². The van der Waals surface area contributed by atoms with E-state index in [0.29, 0.717) is 16.8 Å². The predicted octanol–water partition coefficient (Wildman–Crippen LogP) is 4.86. The largest absolute Gasteiger partial charge is 0.325 e. The van der Waals surface area contributed by atoms with Crippen molar-refractivity contribution < 1.29 is 13.2 Å². The van der Waals surface area contributed by atoms with Crippen molar-refractivity contribution in [3.63, 3.8) is 0 Å². The second kappa shape index (κ2) is 10.3. The van der Waals surface area contributed by atoms with Gasteiger partial charge in [-0.25, -0.2) is 8.42 Å². The summed E-state index contributed by atoms with van der Waals surface area (Å²) in [4.78, 5) is 14.4. The Morgan fingerprint density at radius 3 is 2.22 bits per heavy atom. The number of aryl methyl sites for hydroxylation is 3. The molecule has 0 aliphatic heterocycles. The van der Waals surface area contributed by atoms with Gasteiger partial charge in [-0.3, -0.25) is 4.79 Å². The summed E-state index contributed by atoms with van der Waals surface area (Å²) in [7, 11) is -3.92. The second-order valence-corrected chi connectivity index (χ2v) is 10.3. The lowest BCUT2D eigenvalue weighted by Crippen LogP contribution is -2.45. The molecule has 0 unspecified atom stereocenters. The van der Waals surface area contributed by atoms with Crippen LogP contribution in [0.5, 0.6) is 0 Å².